The smallest absolute Gasteiger partial charge is 0.315 e. The zero-order valence-corrected chi connectivity index (χ0v) is 34.1. The second-order valence-corrected chi connectivity index (χ2v) is 16.1. The maximum absolute atomic E-state index is 12.1. The van der Waals surface area contributed by atoms with Crippen molar-refractivity contribution in [1.29, 1.82) is 0 Å². The molecule has 14 nitrogen and oxygen atoms in total. The Balaban J connectivity index is 1.26. The molecule has 7 amide bonds. The van der Waals surface area contributed by atoms with E-state index in [2.05, 4.69) is 37.2 Å². The van der Waals surface area contributed by atoms with Gasteiger partial charge in [0.05, 0.1) is 12.1 Å². The normalized spacial score (nSPS) is 17.1. The number of nitrogens with one attached hydrogen (secondary N) is 7. The third kappa shape index (κ3) is 25.4. The standard InChI is InChI=1S/C40H71N7O7S/c48-30-18-2-1-13-25-41-34(49)20-7-3-14-26-42-35(50)21-8-4-15-27-43-36(51)22-9-5-16-28-44-37(52)23-10-6-17-29-45-38(53)24-12-11-19-33-39-32(31-55-33)46-40(54)47-39/h30,32-33,39H,1-29,31H2,(H,41,49)(H,42,50)(H,43,51)(H,44,52)(H,45,53)(H2,46,47,54). The van der Waals surface area contributed by atoms with Crippen LogP contribution in [0.25, 0.3) is 0 Å². The first-order valence-corrected chi connectivity index (χ1v) is 22.3. The highest BCUT2D eigenvalue weighted by molar-refractivity contribution is 8.00. The van der Waals surface area contributed by atoms with Crippen molar-refractivity contribution in [3.63, 3.8) is 0 Å². The first-order valence-electron chi connectivity index (χ1n) is 21.2. The van der Waals surface area contributed by atoms with Crippen LogP contribution in [0.1, 0.15) is 154 Å². The van der Waals surface area contributed by atoms with Gasteiger partial charge in [0.15, 0.2) is 0 Å². The van der Waals surface area contributed by atoms with Gasteiger partial charge in [-0.2, -0.15) is 11.8 Å². The molecular weight excluding hydrogens is 723 g/mol. The van der Waals surface area contributed by atoms with Crippen LogP contribution in [0.15, 0.2) is 0 Å². The van der Waals surface area contributed by atoms with Crippen molar-refractivity contribution in [1.82, 2.24) is 37.2 Å². The number of unbranched alkanes of at least 4 members (excludes halogenated alkanes) is 12. The Hall–Kier alpha value is -3.36. The second-order valence-electron chi connectivity index (χ2n) is 14.9. The van der Waals surface area contributed by atoms with Crippen molar-refractivity contribution in [2.75, 3.05) is 38.5 Å². The molecule has 0 bridgehead atoms. The van der Waals surface area contributed by atoms with Gasteiger partial charge in [-0.05, 0) is 77.0 Å². The third-order valence-electron chi connectivity index (χ3n) is 10.0. The molecule has 0 aromatic heterocycles. The van der Waals surface area contributed by atoms with Gasteiger partial charge in [-0.15, -0.1) is 0 Å². The van der Waals surface area contributed by atoms with E-state index in [0.717, 1.165) is 128 Å². The molecule has 0 aliphatic carbocycles. The molecule has 2 aliphatic rings. The fourth-order valence-electron chi connectivity index (χ4n) is 6.73. The lowest BCUT2D eigenvalue weighted by molar-refractivity contribution is -0.122. The Morgan fingerprint density at radius 1 is 0.509 bits per heavy atom. The molecule has 0 spiro atoms. The summed E-state index contributed by atoms with van der Waals surface area (Å²) >= 11 is 1.90. The predicted octanol–water partition coefficient (Wildman–Crippen LogP) is 4.29. The molecule has 314 valence electrons. The third-order valence-corrected chi connectivity index (χ3v) is 11.5. The highest BCUT2D eigenvalue weighted by Gasteiger charge is 2.42. The summed E-state index contributed by atoms with van der Waals surface area (Å²) in [6.07, 6.45) is 19.6. The number of rotatable bonds is 35. The van der Waals surface area contributed by atoms with Gasteiger partial charge in [0.1, 0.15) is 6.29 Å². The molecule has 55 heavy (non-hydrogen) atoms. The van der Waals surface area contributed by atoms with Gasteiger partial charge in [0.2, 0.25) is 29.5 Å². The van der Waals surface area contributed by atoms with Gasteiger partial charge in [-0.25, -0.2) is 4.79 Å². The molecule has 2 aliphatic heterocycles. The summed E-state index contributed by atoms with van der Waals surface area (Å²) in [5.74, 6) is 1.22. The van der Waals surface area contributed by atoms with Crippen LogP contribution in [-0.4, -0.2) is 97.7 Å². The van der Waals surface area contributed by atoms with Crippen LogP contribution in [0, 0.1) is 0 Å². The monoisotopic (exact) mass is 794 g/mol. The topological polar surface area (TPSA) is 204 Å². The lowest BCUT2D eigenvalue weighted by Crippen LogP contribution is -2.36. The molecular formula is C40H71N7O7S. The summed E-state index contributed by atoms with van der Waals surface area (Å²) in [5, 5.41) is 21.1. The lowest BCUT2D eigenvalue weighted by Gasteiger charge is -2.16. The molecule has 2 heterocycles. The van der Waals surface area contributed by atoms with Crippen molar-refractivity contribution >= 4 is 53.6 Å². The van der Waals surface area contributed by atoms with E-state index in [1.54, 1.807) is 0 Å². The molecule has 3 unspecified atom stereocenters. The molecule has 2 saturated heterocycles. The van der Waals surface area contributed by atoms with E-state index in [4.69, 9.17) is 0 Å². The zero-order valence-electron chi connectivity index (χ0n) is 33.3. The van der Waals surface area contributed by atoms with Crippen LogP contribution in [0.4, 0.5) is 4.79 Å². The van der Waals surface area contributed by atoms with Gasteiger partial charge in [-0.3, -0.25) is 24.0 Å². The first kappa shape index (κ1) is 47.8. The van der Waals surface area contributed by atoms with Crippen LogP contribution >= 0.6 is 11.8 Å². The number of fused-ring (bicyclic) bond motifs is 1. The van der Waals surface area contributed by atoms with Crippen LogP contribution in [0.5, 0.6) is 0 Å². The maximum atomic E-state index is 12.1. The minimum absolute atomic E-state index is 0.0391. The van der Waals surface area contributed by atoms with E-state index in [1.807, 2.05) is 11.8 Å². The molecule has 0 saturated carbocycles. The molecule has 7 N–H and O–H groups in total. The van der Waals surface area contributed by atoms with Crippen molar-refractivity contribution in [3.8, 4) is 0 Å². The number of urea groups is 1. The number of hydrogen-bond donors (Lipinski definition) is 7. The fraction of sp³-hybridized carbons (Fsp3) is 0.825. The minimum atomic E-state index is -0.0650. The summed E-state index contributed by atoms with van der Waals surface area (Å²) in [4.78, 5) is 82.0. The van der Waals surface area contributed by atoms with Crippen LogP contribution < -0.4 is 37.2 Å². The van der Waals surface area contributed by atoms with Crippen molar-refractivity contribution in [2.24, 2.45) is 0 Å². The SMILES string of the molecule is O=CCCCCCNC(=O)CCCCCNC(=O)CCCCCNC(=O)CCCCCNC(=O)CCCCCNC(=O)CCCCC1SCC2NC(=O)NC21. The number of thioether (sulfide) groups is 1. The Morgan fingerprint density at radius 3 is 1.25 bits per heavy atom. The van der Waals surface area contributed by atoms with Crippen molar-refractivity contribution < 1.29 is 33.6 Å². The summed E-state index contributed by atoms with van der Waals surface area (Å²) < 4.78 is 0. The Labute approximate surface area is 333 Å². The first-order chi connectivity index (χ1) is 26.8. The van der Waals surface area contributed by atoms with Crippen molar-refractivity contribution in [3.05, 3.63) is 0 Å². The van der Waals surface area contributed by atoms with Crippen molar-refractivity contribution in [2.45, 2.75) is 171 Å². The quantitative estimate of drug-likeness (QED) is 0.0280. The van der Waals surface area contributed by atoms with E-state index in [0.29, 0.717) is 76.5 Å². The van der Waals surface area contributed by atoms with E-state index in [-0.39, 0.29) is 47.7 Å². The number of carbonyl (C=O) groups is 7. The minimum Gasteiger partial charge on any atom is -0.356 e. The number of amides is 7. The van der Waals surface area contributed by atoms with Crippen LogP contribution in [0.2, 0.25) is 0 Å². The molecule has 2 rings (SSSR count). The van der Waals surface area contributed by atoms with E-state index < -0.39 is 0 Å². The molecule has 15 heteroatoms. The van der Waals surface area contributed by atoms with Gasteiger partial charge in [0.25, 0.3) is 0 Å². The van der Waals surface area contributed by atoms with E-state index in [1.165, 1.54) is 0 Å². The number of carbonyl (C=O) groups excluding carboxylic acids is 7. The number of hydrogen-bond acceptors (Lipinski definition) is 8. The highest BCUT2D eigenvalue weighted by Crippen LogP contribution is 2.33. The average Bonchev–Trinajstić information content (AvgIpc) is 3.72. The molecule has 0 aromatic rings. The Kier molecular flexibility index (Phi) is 27.6. The lowest BCUT2D eigenvalue weighted by atomic mass is 10.0. The average molecular weight is 794 g/mol. The summed E-state index contributed by atoms with van der Waals surface area (Å²) in [6, 6.07) is 0.391. The van der Waals surface area contributed by atoms with Gasteiger partial charge in [-0.1, -0.05) is 38.5 Å². The summed E-state index contributed by atoms with van der Waals surface area (Å²) in [6.45, 7) is 3.13. The fourth-order valence-corrected chi connectivity index (χ4v) is 8.28. The number of aldehydes is 1. The molecule has 0 aromatic carbocycles. The predicted molar refractivity (Wildman–Crippen MR) is 217 cm³/mol. The van der Waals surface area contributed by atoms with Crippen LogP contribution in [0.3, 0.4) is 0 Å². The van der Waals surface area contributed by atoms with Gasteiger partial charge >= 0.3 is 6.03 Å². The highest BCUT2D eigenvalue weighted by atomic mass is 32.2. The summed E-state index contributed by atoms with van der Waals surface area (Å²) in [5.41, 5.74) is 0. The molecule has 0 radical (unpaired) electrons. The largest absolute Gasteiger partial charge is 0.356 e. The van der Waals surface area contributed by atoms with Gasteiger partial charge < -0.3 is 42.0 Å². The Morgan fingerprint density at radius 2 is 0.873 bits per heavy atom. The van der Waals surface area contributed by atoms with Crippen LogP contribution in [-0.2, 0) is 28.8 Å². The summed E-state index contributed by atoms with van der Waals surface area (Å²) in [7, 11) is 0. The molecule has 2 fully saturated rings. The second kappa shape index (κ2) is 31.8. The zero-order chi connectivity index (χ0) is 39.8. The molecule has 3 atom stereocenters. The van der Waals surface area contributed by atoms with Gasteiger partial charge in [0, 0.05) is 82.3 Å². The van der Waals surface area contributed by atoms with E-state index >= 15 is 0 Å². The maximum Gasteiger partial charge on any atom is 0.315 e. The Bertz CT molecular complexity index is 1150. The van der Waals surface area contributed by atoms with E-state index in [9.17, 15) is 33.6 Å².